The van der Waals surface area contributed by atoms with Crippen LogP contribution in [0.25, 0.3) is 22.3 Å². The number of hydrogen-bond acceptors (Lipinski definition) is 5. The molecule has 0 heterocycles. The zero-order valence-corrected chi connectivity index (χ0v) is 17.9. The highest BCUT2D eigenvalue weighted by molar-refractivity contribution is 5.88. The number of carbonyl (C=O) groups excluding carboxylic acids is 1. The maximum Gasteiger partial charge on any atom is 0.170 e. The minimum absolute atomic E-state index is 0.0240. The van der Waals surface area contributed by atoms with E-state index in [2.05, 4.69) is 6.92 Å². The molecule has 0 unspecified atom stereocenters. The highest BCUT2D eigenvalue weighted by Gasteiger charge is 2.18. The molecule has 0 aliphatic heterocycles. The highest BCUT2D eigenvalue weighted by atomic mass is 16.5. The fourth-order valence-electron chi connectivity index (χ4n) is 3.45. The summed E-state index contributed by atoms with van der Waals surface area (Å²) in [5, 5.41) is 10.3. The Morgan fingerprint density at radius 1 is 0.871 bits per heavy atom. The largest absolute Gasteiger partial charge is 0.497 e. The third-order valence-corrected chi connectivity index (χ3v) is 5.05. The molecule has 1 radical (unpaired) electrons. The summed E-state index contributed by atoms with van der Waals surface area (Å²) in [7, 11) is 3.25. The van der Waals surface area contributed by atoms with Crippen LogP contribution in [0.3, 0.4) is 0 Å². The molecule has 0 spiro atoms. The van der Waals surface area contributed by atoms with Crippen molar-refractivity contribution in [1.82, 2.24) is 0 Å². The van der Waals surface area contributed by atoms with Gasteiger partial charge in [0.25, 0.3) is 0 Å². The van der Waals surface area contributed by atoms with E-state index >= 15 is 0 Å². The number of aliphatic hydroxyl groups is 1. The number of Topliss-reactive ketones (excluding diaryl/α,β-unsaturated/α-hetero) is 1. The quantitative estimate of drug-likeness (QED) is 0.496. The second-order valence-electron chi connectivity index (χ2n) is 7.01. The fourth-order valence-corrected chi connectivity index (χ4v) is 3.45. The minimum atomic E-state index is -0.232. The van der Waals surface area contributed by atoms with E-state index in [-0.39, 0.29) is 19.0 Å². The van der Waals surface area contributed by atoms with E-state index in [1.807, 2.05) is 54.6 Å². The van der Waals surface area contributed by atoms with Crippen LogP contribution >= 0.6 is 0 Å². The van der Waals surface area contributed by atoms with Gasteiger partial charge in [0, 0.05) is 12.0 Å². The molecule has 0 saturated carbocycles. The van der Waals surface area contributed by atoms with Crippen molar-refractivity contribution in [2.75, 3.05) is 20.8 Å². The lowest BCUT2D eigenvalue weighted by molar-refractivity contribution is -0.121. The zero-order valence-electron chi connectivity index (χ0n) is 17.9. The van der Waals surface area contributed by atoms with Crippen LogP contribution in [0.5, 0.6) is 17.2 Å². The molecule has 3 aromatic carbocycles. The zero-order chi connectivity index (χ0) is 22.2. The number of benzene rings is 3. The van der Waals surface area contributed by atoms with Gasteiger partial charge in [0.15, 0.2) is 5.78 Å². The Bertz CT molecular complexity index is 1010. The smallest absolute Gasteiger partial charge is 0.170 e. The summed E-state index contributed by atoms with van der Waals surface area (Å²) in [4.78, 5) is 11.9. The molecule has 0 aliphatic rings. The van der Waals surface area contributed by atoms with Gasteiger partial charge in [0.1, 0.15) is 23.9 Å². The van der Waals surface area contributed by atoms with E-state index in [9.17, 15) is 9.90 Å². The average molecular weight is 419 g/mol. The van der Waals surface area contributed by atoms with Crippen molar-refractivity contribution in [3.8, 4) is 39.5 Å². The lowest BCUT2D eigenvalue weighted by Crippen LogP contribution is -2.12. The predicted molar refractivity (Wildman–Crippen MR) is 121 cm³/mol. The van der Waals surface area contributed by atoms with E-state index in [1.54, 1.807) is 20.3 Å². The number of methoxy groups -OCH3 is 2. The SMILES string of the molecule is [CH2]CCC(=O)COc1ccc(-c2ccc(OC)cc2)c(-c2ccc(OC)cc2)c1CO. The molecule has 161 valence electrons. The maximum absolute atomic E-state index is 11.9. The van der Waals surface area contributed by atoms with E-state index in [1.165, 1.54) is 0 Å². The van der Waals surface area contributed by atoms with Gasteiger partial charge in [-0.2, -0.15) is 0 Å². The summed E-state index contributed by atoms with van der Waals surface area (Å²) in [5.41, 5.74) is 4.29. The van der Waals surface area contributed by atoms with Crippen LogP contribution < -0.4 is 14.2 Å². The molecule has 0 aliphatic carbocycles. The van der Waals surface area contributed by atoms with Gasteiger partial charge in [0.2, 0.25) is 0 Å². The molecule has 31 heavy (non-hydrogen) atoms. The fraction of sp³-hybridized carbons (Fsp3) is 0.231. The van der Waals surface area contributed by atoms with Crippen LogP contribution in [-0.4, -0.2) is 31.7 Å². The Balaban J connectivity index is 2.11. The van der Waals surface area contributed by atoms with Gasteiger partial charge in [-0.25, -0.2) is 0 Å². The van der Waals surface area contributed by atoms with E-state index in [0.717, 1.165) is 33.8 Å². The summed E-state index contributed by atoms with van der Waals surface area (Å²) in [6, 6.07) is 19.1. The first-order valence-corrected chi connectivity index (χ1v) is 10.1. The molecule has 0 bridgehead atoms. The van der Waals surface area contributed by atoms with Crippen molar-refractivity contribution in [3.05, 3.63) is 73.2 Å². The van der Waals surface area contributed by atoms with Gasteiger partial charge in [-0.15, -0.1) is 0 Å². The molecule has 0 fully saturated rings. The molecule has 0 aromatic heterocycles. The average Bonchev–Trinajstić information content (AvgIpc) is 2.82. The van der Waals surface area contributed by atoms with Crippen LogP contribution in [0.1, 0.15) is 18.4 Å². The Morgan fingerprint density at radius 3 is 1.97 bits per heavy atom. The summed E-state index contributed by atoms with van der Waals surface area (Å²) in [6.45, 7) is 3.42. The molecule has 5 nitrogen and oxygen atoms in total. The van der Waals surface area contributed by atoms with Crippen molar-refractivity contribution in [2.24, 2.45) is 0 Å². The number of carbonyl (C=O) groups is 1. The summed E-state index contributed by atoms with van der Waals surface area (Å²) >= 11 is 0. The second-order valence-corrected chi connectivity index (χ2v) is 7.01. The maximum atomic E-state index is 11.9. The molecular formula is C26H27O5. The summed E-state index contributed by atoms with van der Waals surface area (Å²) in [6.07, 6.45) is 0.895. The van der Waals surface area contributed by atoms with Crippen molar-refractivity contribution in [2.45, 2.75) is 19.4 Å². The first-order valence-electron chi connectivity index (χ1n) is 10.1. The third kappa shape index (κ3) is 5.25. The highest BCUT2D eigenvalue weighted by Crippen LogP contribution is 2.40. The van der Waals surface area contributed by atoms with Crippen molar-refractivity contribution in [1.29, 1.82) is 0 Å². The van der Waals surface area contributed by atoms with Crippen LogP contribution in [0.4, 0.5) is 0 Å². The van der Waals surface area contributed by atoms with Crippen molar-refractivity contribution < 1.29 is 24.1 Å². The van der Waals surface area contributed by atoms with Crippen LogP contribution in [0.15, 0.2) is 60.7 Å². The van der Waals surface area contributed by atoms with Gasteiger partial charge >= 0.3 is 0 Å². The Labute approximate surface area is 183 Å². The summed E-state index contributed by atoms with van der Waals surface area (Å²) in [5.74, 6) is 1.97. The van der Waals surface area contributed by atoms with E-state index < -0.39 is 0 Å². The van der Waals surface area contributed by atoms with E-state index in [4.69, 9.17) is 14.2 Å². The first kappa shape index (κ1) is 22.4. The number of rotatable bonds is 10. The number of ether oxygens (including phenoxy) is 3. The lowest BCUT2D eigenvalue weighted by atomic mass is 9.90. The molecule has 3 rings (SSSR count). The van der Waals surface area contributed by atoms with Gasteiger partial charge in [-0.1, -0.05) is 37.3 Å². The lowest BCUT2D eigenvalue weighted by Gasteiger charge is -2.19. The molecule has 1 N–H and O–H groups in total. The minimum Gasteiger partial charge on any atom is -0.497 e. The van der Waals surface area contributed by atoms with E-state index in [0.29, 0.717) is 24.2 Å². The van der Waals surface area contributed by atoms with Gasteiger partial charge in [0.05, 0.1) is 20.8 Å². The number of ketones is 1. The van der Waals surface area contributed by atoms with Gasteiger partial charge in [-0.05, 0) is 59.0 Å². The monoisotopic (exact) mass is 419 g/mol. The third-order valence-electron chi connectivity index (χ3n) is 5.05. The molecule has 0 atom stereocenters. The number of aliphatic hydroxyl groups excluding tert-OH is 1. The van der Waals surface area contributed by atoms with Crippen molar-refractivity contribution in [3.63, 3.8) is 0 Å². The van der Waals surface area contributed by atoms with Gasteiger partial charge < -0.3 is 19.3 Å². The Morgan fingerprint density at radius 2 is 1.45 bits per heavy atom. The second kappa shape index (κ2) is 10.6. The van der Waals surface area contributed by atoms with Gasteiger partial charge in [-0.3, -0.25) is 4.79 Å². The van der Waals surface area contributed by atoms with Crippen LogP contribution in [-0.2, 0) is 11.4 Å². The number of hydrogen-bond donors (Lipinski definition) is 1. The topological polar surface area (TPSA) is 65.0 Å². The molecule has 5 heteroatoms. The Kier molecular flexibility index (Phi) is 7.68. The Hall–Kier alpha value is -3.31. The summed E-state index contributed by atoms with van der Waals surface area (Å²) < 4.78 is 16.4. The molecule has 0 amide bonds. The standard InChI is InChI=1S/C26H27O5/c1-4-5-20(28)17-31-25-15-14-23(18-6-10-21(29-2)11-7-18)26(24(25)16-27)19-8-12-22(30-3)13-9-19/h6-15,27H,1,4-5,16-17H2,2-3H3. The van der Waals surface area contributed by atoms with Crippen molar-refractivity contribution >= 4 is 5.78 Å². The molecule has 0 saturated heterocycles. The van der Waals surface area contributed by atoms with Crippen LogP contribution in [0, 0.1) is 6.92 Å². The first-order chi connectivity index (χ1) is 15.1. The molecular weight excluding hydrogens is 392 g/mol. The van der Waals surface area contributed by atoms with Crippen LogP contribution in [0.2, 0.25) is 0 Å². The predicted octanol–water partition coefficient (Wildman–Crippen LogP) is 5.09. The molecule has 3 aromatic rings. The normalized spacial score (nSPS) is 10.6.